The summed E-state index contributed by atoms with van der Waals surface area (Å²) >= 11 is 11.8. The van der Waals surface area contributed by atoms with Crippen LogP contribution in [0.5, 0.6) is 0 Å². The molecule has 0 aromatic heterocycles. The fourth-order valence-corrected chi connectivity index (χ4v) is 2.19. The molecular weight excluding hydrogens is 245 g/mol. The summed E-state index contributed by atoms with van der Waals surface area (Å²) in [5.74, 6) is 0.0519. The van der Waals surface area contributed by atoms with Gasteiger partial charge < -0.3 is 0 Å². The summed E-state index contributed by atoms with van der Waals surface area (Å²) in [7, 11) is 1.97. The smallest absolute Gasteiger partial charge is 0.178 e. The second-order valence-electron chi connectivity index (χ2n) is 4.19. The van der Waals surface area contributed by atoms with E-state index in [0.717, 1.165) is 0 Å². The largest absolute Gasteiger partial charge is 0.296 e. The molecule has 1 aliphatic carbocycles. The fraction of sp³-hybridized carbons (Fsp3) is 0.417. The van der Waals surface area contributed by atoms with Gasteiger partial charge in [0.1, 0.15) is 0 Å². The standard InChI is InChI=1S/C12H13Cl2NO/c1-15(9-3-4-9)7-12(16)10-5-2-8(13)6-11(10)14/h2,5-6,9H,3-4,7H2,1H3. The first-order valence-corrected chi connectivity index (χ1v) is 6.02. The van der Waals surface area contributed by atoms with Crippen LogP contribution in [0.1, 0.15) is 23.2 Å². The van der Waals surface area contributed by atoms with Crippen molar-refractivity contribution in [3.8, 4) is 0 Å². The quantitative estimate of drug-likeness (QED) is 0.772. The van der Waals surface area contributed by atoms with Crippen LogP contribution in [0.15, 0.2) is 18.2 Å². The number of hydrogen-bond acceptors (Lipinski definition) is 2. The molecule has 0 atom stereocenters. The molecule has 0 radical (unpaired) electrons. The van der Waals surface area contributed by atoms with Crippen LogP contribution in [0.4, 0.5) is 0 Å². The first-order valence-electron chi connectivity index (χ1n) is 5.26. The lowest BCUT2D eigenvalue weighted by Crippen LogP contribution is -2.28. The van der Waals surface area contributed by atoms with Crippen LogP contribution in [-0.4, -0.2) is 30.3 Å². The lowest BCUT2D eigenvalue weighted by molar-refractivity contribution is 0.0942. The molecule has 0 amide bonds. The zero-order valence-electron chi connectivity index (χ0n) is 9.04. The lowest BCUT2D eigenvalue weighted by Gasteiger charge is -2.14. The minimum Gasteiger partial charge on any atom is -0.296 e. The highest BCUT2D eigenvalue weighted by atomic mass is 35.5. The number of likely N-dealkylation sites (N-methyl/N-ethyl adjacent to an activating group) is 1. The van der Waals surface area contributed by atoms with E-state index in [4.69, 9.17) is 23.2 Å². The van der Waals surface area contributed by atoms with Gasteiger partial charge >= 0.3 is 0 Å². The van der Waals surface area contributed by atoms with Gasteiger partial charge in [0.05, 0.1) is 11.6 Å². The minimum absolute atomic E-state index is 0.0519. The second kappa shape index (κ2) is 4.74. The normalized spacial score (nSPS) is 15.5. The number of carbonyl (C=O) groups excluding carboxylic acids is 1. The monoisotopic (exact) mass is 257 g/mol. The van der Waals surface area contributed by atoms with Gasteiger partial charge in [0.25, 0.3) is 0 Å². The lowest BCUT2D eigenvalue weighted by atomic mass is 10.1. The molecule has 0 saturated heterocycles. The fourth-order valence-electron chi connectivity index (χ4n) is 1.67. The van der Waals surface area contributed by atoms with Crippen LogP contribution in [-0.2, 0) is 0 Å². The number of carbonyl (C=O) groups is 1. The van der Waals surface area contributed by atoms with Gasteiger partial charge in [-0.3, -0.25) is 9.69 Å². The first kappa shape index (κ1) is 11.9. The second-order valence-corrected chi connectivity index (χ2v) is 5.04. The van der Waals surface area contributed by atoms with E-state index in [2.05, 4.69) is 4.90 Å². The Morgan fingerprint density at radius 3 is 2.69 bits per heavy atom. The molecule has 4 heteroatoms. The van der Waals surface area contributed by atoms with Crippen LogP contribution in [0, 0.1) is 0 Å². The van der Waals surface area contributed by atoms with Crippen molar-refractivity contribution in [2.75, 3.05) is 13.6 Å². The van der Waals surface area contributed by atoms with Gasteiger partial charge in [-0.2, -0.15) is 0 Å². The van der Waals surface area contributed by atoms with Gasteiger partial charge in [-0.25, -0.2) is 0 Å². The van der Waals surface area contributed by atoms with E-state index in [1.807, 2.05) is 7.05 Å². The zero-order chi connectivity index (χ0) is 11.7. The molecule has 0 unspecified atom stereocenters. The molecule has 0 aliphatic heterocycles. The number of rotatable bonds is 4. The molecule has 0 bridgehead atoms. The summed E-state index contributed by atoms with van der Waals surface area (Å²) in [6.45, 7) is 0.423. The summed E-state index contributed by atoms with van der Waals surface area (Å²) in [6.07, 6.45) is 2.39. The van der Waals surface area contributed by atoms with Crippen molar-refractivity contribution in [2.24, 2.45) is 0 Å². The van der Waals surface area contributed by atoms with E-state index in [1.54, 1.807) is 18.2 Å². The summed E-state index contributed by atoms with van der Waals surface area (Å²) in [5.41, 5.74) is 0.554. The van der Waals surface area contributed by atoms with E-state index in [0.29, 0.717) is 28.2 Å². The molecule has 0 N–H and O–H groups in total. The molecule has 0 spiro atoms. The Kier molecular flexibility index (Phi) is 3.53. The summed E-state index contributed by atoms with van der Waals surface area (Å²) in [4.78, 5) is 14.0. The average molecular weight is 258 g/mol. The predicted molar refractivity (Wildman–Crippen MR) is 66.4 cm³/mol. The van der Waals surface area contributed by atoms with Crippen molar-refractivity contribution >= 4 is 29.0 Å². The van der Waals surface area contributed by atoms with Crippen molar-refractivity contribution in [3.63, 3.8) is 0 Å². The van der Waals surface area contributed by atoms with Gasteiger partial charge in [0, 0.05) is 16.6 Å². The number of nitrogens with zero attached hydrogens (tertiary/aromatic N) is 1. The Morgan fingerprint density at radius 2 is 2.12 bits per heavy atom. The Hall–Kier alpha value is -0.570. The van der Waals surface area contributed by atoms with Gasteiger partial charge in [0.2, 0.25) is 0 Å². The van der Waals surface area contributed by atoms with Crippen molar-refractivity contribution in [1.29, 1.82) is 0 Å². The topological polar surface area (TPSA) is 20.3 Å². The highest BCUT2D eigenvalue weighted by Crippen LogP contribution is 2.26. The molecule has 86 valence electrons. The van der Waals surface area contributed by atoms with Crippen LogP contribution < -0.4 is 0 Å². The molecule has 2 rings (SSSR count). The van der Waals surface area contributed by atoms with Gasteiger partial charge in [-0.15, -0.1) is 0 Å². The number of ketones is 1. The SMILES string of the molecule is CN(CC(=O)c1ccc(Cl)cc1Cl)C1CC1. The maximum Gasteiger partial charge on any atom is 0.178 e. The van der Waals surface area contributed by atoms with E-state index >= 15 is 0 Å². The van der Waals surface area contributed by atoms with E-state index in [1.165, 1.54) is 12.8 Å². The van der Waals surface area contributed by atoms with Crippen LogP contribution in [0.2, 0.25) is 10.0 Å². The number of halogens is 2. The third-order valence-electron chi connectivity index (χ3n) is 2.79. The molecule has 1 aliphatic rings. The summed E-state index contributed by atoms with van der Waals surface area (Å²) in [6, 6.07) is 5.56. The molecule has 2 nitrogen and oxygen atoms in total. The van der Waals surface area contributed by atoms with Crippen molar-refractivity contribution in [1.82, 2.24) is 4.90 Å². The molecule has 1 aromatic carbocycles. The molecule has 1 saturated carbocycles. The van der Waals surface area contributed by atoms with Gasteiger partial charge in [0.15, 0.2) is 5.78 Å². The third kappa shape index (κ3) is 2.76. The Bertz CT molecular complexity index is 415. The van der Waals surface area contributed by atoms with E-state index in [9.17, 15) is 4.79 Å². The molecule has 1 aromatic rings. The molecular formula is C12H13Cl2NO. The minimum atomic E-state index is 0.0519. The number of hydrogen-bond donors (Lipinski definition) is 0. The van der Waals surface area contributed by atoms with Crippen LogP contribution in [0.3, 0.4) is 0 Å². The van der Waals surface area contributed by atoms with Crippen molar-refractivity contribution < 1.29 is 4.79 Å². The van der Waals surface area contributed by atoms with E-state index in [-0.39, 0.29) is 5.78 Å². The van der Waals surface area contributed by atoms with Gasteiger partial charge in [-0.05, 0) is 38.1 Å². The first-order chi connectivity index (χ1) is 7.58. The predicted octanol–water partition coefficient (Wildman–Crippen LogP) is 3.27. The molecule has 1 fully saturated rings. The Morgan fingerprint density at radius 1 is 1.44 bits per heavy atom. The maximum atomic E-state index is 12.0. The third-order valence-corrected chi connectivity index (χ3v) is 3.34. The van der Waals surface area contributed by atoms with Crippen LogP contribution >= 0.6 is 23.2 Å². The zero-order valence-corrected chi connectivity index (χ0v) is 10.6. The molecule has 0 heterocycles. The summed E-state index contributed by atoms with van der Waals surface area (Å²) in [5, 5.41) is 0.985. The Balaban J connectivity index is 2.07. The number of benzene rings is 1. The highest BCUT2D eigenvalue weighted by Gasteiger charge is 2.27. The summed E-state index contributed by atoms with van der Waals surface area (Å²) < 4.78 is 0. The van der Waals surface area contributed by atoms with Crippen molar-refractivity contribution in [2.45, 2.75) is 18.9 Å². The molecule has 16 heavy (non-hydrogen) atoms. The number of Topliss-reactive ketones (excluding diaryl/α,β-unsaturated/α-hetero) is 1. The average Bonchev–Trinajstić information content (AvgIpc) is 2.99. The van der Waals surface area contributed by atoms with Crippen molar-refractivity contribution in [3.05, 3.63) is 33.8 Å². The Labute approximate surface area is 105 Å². The highest BCUT2D eigenvalue weighted by molar-refractivity contribution is 6.36. The van der Waals surface area contributed by atoms with E-state index < -0.39 is 0 Å². The van der Waals surface area contributed by atoms with Gasteiger partial charge in [-0.1, -0.05) is 23.2 Å². The maximum absolute atomic E-state index is 12.0. The van der Waals surface area contributed by atoms with Crippen LogP contribution in [0.25, 0.3) is 0 Å².